The summed E-state index contributed by atoms with van der Waals surface area (Å²) < 4.78 is 5.40. The molecule has 0 saturated heterocycles. The van der Waals surface area contributed by atoms with Crippen LogP contribution in [0.3, 0.4) is 0 Å². The van der Waals surface area contributed by atoms with Crippen molar-refractivity contribution in [1.82, 2.24) is 5.32 Å². The lowest BCUT2D eigenvalue weighted by Gasteiger charge is -2.10. The van der Waals surface area contributed by atoms with Crippen molar-refractivity contribution in [3.63, 3.8) is 0 Å². The van der Waals surface area contributed by atoms with Crippen LogP contribution in [0.4, 0.5) is 0 Å². The molecule has 2 rings (SSSR count). The summed E-state index contributed by atoms with van der Waals surface area (Å²) >= 11 is 7.41. The number of halogens is 1. The van der Waals surface area contributed by atoms with Crippen molar-refractivity contribution in [3.8, 4) is 18.1 Å². The molecule has 1 N–H and O–H groups in total. The van der Waals surface area contributed by atoms with Crippen molar-refractivity contribution in [2.24, 2.45) is 0 Å². The fourth-order valence-corrected chi connectivity index (χ4v) is 3.07. The molecule has 0 aliphatic carbocycles. The van der Waals surface area contributed by atoms with E-state index in [4.69, 9.17) is 22.8 Å². The molecule has 0 aliphatic rings. The predicted molar refractivity (Wildman–Crippen MR) is 104 cm³/mol. The van der Waals surface area contributed by atoms with Crippen molar-refractivity contribution >= 4 is 29.3 Å². The number of methoxy groups -OCH3 is 1. The molecule has 1 amide bonds. The summed E-state index contributed by atoms with van der Waals surface area (Å²) in [6.07, 6.45) is 6.37. The van der Waals surface area contributed by atoms with Gasteiger partial charge in [-0.15, -0.1) is 18.2 Å². The van der Waals surface area contributed by atoms with Crippen LogP contribution in [0.1, 0.15) is 17.5 Å². The van der Waals surface area contributed by atoms with E-state index in [2.05, 4.69) is 11.2 Å². The third kappa shape index (κ3) is 6.38. The number of benzene rings is 2. The Kier molecular flexibility index (Phi) is 7.72. The molecular weight excluding hydrogens is 354 g/mol. The van der Waals surface area contributed by atoms with Crippen molar-refractivity contribution < 1.29 is 9.53 Å². The summed E-state index contributed by atoms with van der Waals surface area (Å²) in [7, 11) is 1.64. The van der Waals surface area contributed by atoms with Crippen LogP contribution >= 0.6 is 23.4 Å². The number of nitrogens with one attached hydrogen (secondary N) is 1. The summed E-state index contributed by atoms with van der Waals surface area (Å²) in [5, 5.41) is 3.60. The van der Waals surface area contributed by atoms with E-state index in [1.807, 2.05) is 42.5 Å². The van der Waals surface area contributed by atoms with Crippen molar-refractivity contribution in [2.75, 3.05) is 12.9 Å². The zero-order chi connectivity index (χ0) is 18.1. The van der Waals surface area contributed by atoms with E-state index in [0.29, 0.717) is 30.2 Å². The molecule has 3 nitrogen and oxygen atoms in total. The number of terminal acetylenes is 1. The number of thioether (sulfide) groups is 1. The first kappa shape index (κ1) is 19.2. The van der Waals surface area contributed by atoms with E-state index >= 15 is 0 Å². The van der Waals surface area contributed by atoms with Gasteiger partial charge in [0.25, 0.3) is 0 Å². The number of carbonyl (C=O) groups excluding carboxylic acids is 1. The van der Waals surface area contributed by atoms with Crippen molar-refractivity contribution in [1.29, 1.82) is 0 Å². The van der Waals surface area contributed by atoms with Gasteiger partial charge in [0.05, 0.1) is 17.8 Å². The Morgan fingerprint density at radius 1 is 1.24 bits per heavy atom. The SMILES string of the molecule is C#CCSc1ccc(CCC(=O)NCc2ccc(Cl)cc2)cc1OC. The second-order valence-corrected chi connectivity index (χ2v) is 6.83. The van der Waals surface area contributed by atoms with Crippen LogP contribution in [0.15, 0.2) is 47.4 Å². The molecule has 0 radical (unpaired) electrons. The van der Waals surface area contributed by atoms with Gasteiger partial charge < -0.3 is 10.1 Å². The number of rotatable bonds is 8. The highest BCUT2D eigenvalue weighted by atomic mass is 35.5. The van der Waals surface area contributed by atoms with Crippen LogP contribution in [0.2, 0.25) is 5.02 Å². The van der Waals surface area contributed by atoms with Gasteiger partial charge in [-0.2, -0.15) is 0 Å². The third-order valence-corrected chi connectivity index (χ3v) is 4.79. The maximum Gasteiger partial charge on any atom is 0.220 e. The molecule has 25 heavy (non-hydrogen) atoms. The number of hydrogen-bond acceptors (Lipinski definition) is 3. The molecule has 0 unspecified atom stereocenters. The van der Waals surface area contributed by atoms with Gasteiger partial charge in [0.2, 0.25) is 5.91 Å². The molecule has 0 atom stereocenters. The minimum Gasteiger partial charge on any atom is -0.496 e. The van der Waals surface area contributed by atoms with Crippen LogP contribution < -0.4 is 10.1 Å². The molecule has 0 bridgehead atoms. The first-order valence-corrected chi connectivity index (χ1v) is 9.23. The molecule has 5 heteroatoms. The summed E-state index contributed by atoms with van der Waals surface area (Å²) in [6, 6.07) is 13.4. The van der Waals surface area contributed by atoms with E-state index in [1.165, 1.54) is 0 Å². The van der Waals surface area contributed by atoms with Gasteiger partial charge >= 0.3 is 0 Å². The molecule has 0 saturated carbocycles. The highest BCUT2D eigenvalue weighted by molar-refractivity contribution is 7.99. The van der Waals surface area contributed by atoms with Gasteiger partial charge in [0.15, 0.2) is 0 Å². The molecule has 0 fully saturated rings. The van der Waals surface area contributed by atoms with Crippen LogP contribution in [0.25, 0.3) is 0 Å². The van der Waals surface area contributed by atoms with Crippen LogP contribution in [-0.4, -0.2) is 18.8 Å². The minimum atomic E-state index is 0.0136. The Morgan fingerprint density at radius 2 is 1.96 bits per heavy atom. The van der Waals surface area contributed by atoms with E-state index in [0.717, 1.165) is 21.8 Å². The van der Waals surface area contributed by atoms with Gasteiger partial charge in [0.1, 0.15) is 5.75 Å². The standard InChI is InChI=1S/C20H20ClNO2S/c1-3-12-25-19-10-6-15(13-18(19)24-2)7-11-20(23)22-14-16-4-8-17(21)9-5-16/h1,4-6,8-10,13H,7,11-12,14H2,2H3,(H,22,23). The van der Waals surface area contributed by atoms with Crippen molar-refractivity contribution in [2.45, 2.75) is 24.3 Å². The van der Waals surface area contributed by atoms with Gasteiger partial charge in [-0.05, 0) is 41.8 Å². The van der Waals surface area contributed by atoms with Crippen LogP contribution in [0, 0.1) is 12.3 Å². The number of ether oxygens (including phenoxy) is 1. The Bertz CT molecular complexity index is 753. The minimum absolute atomic E-state index is 0.0136. The lowest BCUT2D eigenvalue weighted by molar-refractivity contribution is -0.121. The summed E-state index contributed by atoms with van der Waals surface area (Å²) in [4.78, 5) is 13.0. The number of carbonyl (C=O) groups is 1. The second kappa shape index (κ2) is 10.0. The molecule has 0 aromatic heterocycles. The maximum atomic E-state index is 12.0. The van der Waals surface area contributed by atoms with Gasteiger partial charge in [-0.25, -0.2) is 0 Å². The first-order chi connectivity index (χ1) is 12.1. The highest BCUT2D eigenvalue weighted by Crippen LogP contribution is 2.30. The molecule has 0 spiro atoms. The molecule has 130 valence electrons. The zero-order valence-electron chi connectivity index (χ0n) is 14.0. The fourth-order valence-electron chi connectivity index (χ4n) is 2.26. The van der Waals surface area contributed by atoms with E-state index in [-0.39, 0.29) is 5.91 Å². The van der Waals surface area contributed by atoms with Gasteiger partial charge in [-0.1, -0.05) is 35.7 Å². The predicted octanol–water partition coefficient (Wildman–Crippen LogP) is 4.32. The average Bonchev–Trinajstić information content (AvgIpc) is 2.64. The van der Waals surface area contributed by atoms with E-state index in [9.17, 15) is 4.79 Å². The first-order valence-electron chi connectivity index (χ1n) is 7.86. The zero-order valence-corrected chi connectivity index (χ0v) is 15.6. The average molecular weight is 374 g/mol. The lowest BCUT2D eigenvalue weighted by Crippen LogP contribution is -2.22. The van der Waals surface area contributed by atoms with E-state index < -0.39 is 0 Å². The lowest BCUT2D eigenvalue weighted by atomic mass is 10.1. The number of hydrogen-bond donors (Lipinski definition) is 1. The third-order valence-electron chi connectivity index (χ3n) is 3.58. The van der Waals surface area contributed by atoms with E-state index in [1.54, 1.807) is 18.9 Å². The fraction of sp³-hybridized carbons (Fsp3) is 0.250. The molecule has 0 heterocycles. The normalized spacial score (nSPS) is 10.1. The van der Waals surface area contributed by atoms with Crippen LogP contribution in [0.5, 0.6) is 5.75 Å². The monoisotopic (exact) mass is 373 g/mol. The Balaban J connectivity index is 1.84. The molecule has 2 aromatic rings. The Morgan fingerprint density at radius 3 is 2.64 bits per heavy atom. The molecular formula is C20H20ClNO2S. The highest BCUT2D eigenvalue weighted by Gasteiger charge is 2.07. The second-order valence-electron chi connectivity index (χ2n) is 5.38. The topological polar surface area (TPSA) is 38.3 Å². The van der Waals surface area contributed by atoms with Crippen LogP contribution in [-0.2, 0) is 17.8 Å². The smallest absolute Gasteiger partial charge is 0.220 e. The van der Waals surface area contributed by atoms with Gasteiger partial charge in [0, 0.05) is 18.0 Å². The molecule has 2 aromatic carbocycles. The summed E-state index contributed by atoms with van der Waals surface area (Å²) in [6.45, 7) is 0.501. The maximum absolute atomic E-state index is 12.0. The number of aryl methyl sites for hydroxylation is 1. The largest absolute Gasteiger partial charge is 0.496 e. The summed E-state index contributed by atoms with van der Waals surface area (Å²) in [5.41, 5.74) is 2.08. The van der Waals surface area contributed by atoms with Gasteiger partial charge in [-0.3, -0.25) is 4.79 Å². The Labute approximate surface area is 158 Å². The van der Waals surface area contributed by atoms with Crippen molar-refractivity contribution in [3.05, 3.63) is 58.6 Å². The quantitative estimate of drug-likeness (QED) is 0.553. The molecule has 0 aliphatic heterocycles. The summed E-state index contributed by atoms with van der Waals surface area (Å²) in [5.74, 6) is 4.00. The number of amides is 1. The Hall–Kier alpha value is -2.09.